The van der Waals surface area contributed by atoms with Crippen molar-refractivity contribution < 1.29 is 14.6 Å². The molecule has 0 atom stereocenters. The Morgan fingerprint density at radius 2 is 1.24 bits per heavy atom. The highest BCUT2D eigenvalue weighted by molar-refractivity contribution is 6.35. The van der Waals surface area contributed by atoms with Crippen LogP contribution in [0.5, 0.6) is 5.75 Å². The SMILES string of the molecule is O=C(NCCCCCCc1ccccc1)c1cc(-c2cc(Cl)cc(Cl)c2)c(OCCO)c(-c2cc(Cl)cc(Cl)c2)c1. The number of carbonyl (C=O) groups is 1. The van der Waals surface area contributed by atoms with Gasteiger partial charge in [0.05, 0.1) is 6.61 Å². The number of halogens is 4. The molecule has 0 bridgehead atoms. The molecule has 4 rings (SSSR count). The normalized spacial score (nSPS) is 11.0. The second kappa shape index (κ2) is 15.5. The molecule has 0 saturated heterocycles. The molecule has 4 aromatic rings. The van der Waals surface area contributed by atoms with Crippen molar-refractivity contribution in [2.45, 2.75) is 32.1 Å². The molecule has 0 aliphatic heterocycles. The number of aliphatic hydroxyl groups excluding tert-OH is 1. The van der Waals surface area contributed by atoms with E-state index in [-0.39, 0.29) is 19.1 Å². The number of ether oxygens (including phenoxy) is 1. The van der Waals surface area contributed by atoms with E-state index in [0.717, 1.165) is 32.1 Å². The lowest BCUT2D eigenvalue weighted by atomic mass is 9.94. The number of aliphatic hydroxyl groups is 1. The fraction of sp³-hybridized carbons (Fsp3) is 0.242. The Bertz CT molecular complexity index is 1360. The minimum Gasteiger partial charge on any atom is -0.490 e. The van der Waals surface area contributed by atoms with Crippen molar-refractivity contribution in [1.82, 2.24) is 5.32 Å². The van der Waals surface area contributed by atoms with Gasteiger partial charge >= 0.3 is 0 Å². The molecule has 0 fully saturated rings. The van der Waals surface area contributed by atoms with Crippen LogP contribution in [0.3, 0.4) is 0 Å². The molecule has 0 aromatic heterocycles. The van der Waals surface area contributed by atoms with Gasteiger partial charge in [0.25, 0.3) is 5.91 Å². The third-order valence-corrected chi connectivity index (χ3v) is 7.43. The Morgan fingerprint density at radius 3 is 1.78 bits per heavy atom. The molecule has 8 heteroatoms. The second-order valence-electron chi connectivity index (χ2n) is 9.69. The van der Waals surface area contributed by atoms with E-state index in [1.54, 1.807) is 48.5 Å². The van der Waals surface area contributed by atoms with Gasteiger partial charge in [0, 0.05) is 43.3 Å². The lowest BCUT2D eigenvalue weighted by Gasteiger charge is -2.19. The summed E-state index contributed by atoms with van der Waals surface area (Å²) in [6.07, 6.45) is 5.18. The monoisotopic (exact) mass is 629 g/mol. The molecule has 0 spiro atoms. The van der Waals surface area contributed by atoms with Crippen LogP contribution in [0.1, 0.15) is 41.6 Å². The van der Waals surface area contributed by atoms with E-state index in [0.29, 0.717) is 60.2 Å². The van der Waals surface area contributed by atoms with E-state index in [2.05, 4.69) is 29.6 Å². The smallest absolute Gasteiger partial charge is 0.251 e. The minimum absolute atomic E-state index is 0.0401. The second-order valence-corrected chi connectivity index (χ2v) is 11.4. The van der Waals surface area contributed by atoms with Crippen LogP contribution in [0.25, 0.3) is 22.3 Å². The fourth-order valence-corrected chi connectivity index (χ4v) is 5.72. The van der Waals surface area contributed by atoms with Crippen molar-refractivity contribution in [2.24, 2.45) is 0 Å². The largest absolute Gasteiger partial charge is 0.490 e. The van der Waals surface area contributed by atoms with E-state index in [1.165, 1.54) is 5.56 Å². The Kier molecular flexibility index (Phi) is 11.8. The van der Waals surface area contributed by atoms with Gasteiger partial charge in [-0.15, -0.1) is 0 Å². The lowest BCUT2D eigenvalue weighted by molar-refractivity contribution is 0.0953. The average Bonchev–Trinajstić information content (AvgIpc) is 2.94. The first-order chi connectivity index (χ1) is 19.8. The van der Waals surface area contributed by atoms with Gasteiger partial charge in [0.15, 0.2) is 0 Å². The first-order valence-electron chi connectivity index (χ1n) is 13.5. The maximum Gasteiger partial charge on any atom is 0.251 e. The zero-order chi connectivity index (χ0) is 29.2. The standard InChI is InChI=1S/C33H31Cl4NO3/c34-26-14-23(15-27(35)20-26)30-18-25(33(40)38-11-7-2-1-4-8-22-9-5-3-6-10-22)19-31(32(30)41-13-12-39)24-16-28(36)21-29(37)17-24/h3,5-6,9-10,14-21,39H,1-2,4,7-8,11-13H2,(H,38,40). The van der Waals surface area contributed by atoms with Crippen molar-refractivity contribution in [1.29, 1.82) is 0 Å². The molecule has 0 aliphatic carbocycles. The molecular formula is C33H31Cl4NO3. The van der Waals surface area contributed by atoms with Crippen LogP contribution < -0.4 is 10.1 Å². The van der Waals surface area contributed by atoms with Crippen LogP contribution in [0, 0.1) is 0 Å². The third-order valence-electron chi connectivity index (χ3n) is 6.56. The number of amides is 1. The summed E-state index contributed by atoms with van der Waals surface area (Å²) in [4.78, 5) is 13.4. The van der Waals surface area contributed by atoms with Crippen molar-refractivity contribution in [3.8, 4) is 28.0 Å². The number of hydrogen-bond acceptors (Lipinski definition) is 3. The van der Waals surface area contributed by atoms with Gasteiger partial charge in [-0.1, -0.05) is 89.6 Å². The van der Waals surface area contributed by atoms with Crippen LogP contribution in [0.2, 0.25) is 20.1 Å². The van der Waals surface area contributed by atoms with Crippen molar-refractivity contribution in [3.63, 3.8) is 0 Å². The summed E-state index contributed by atoms with van der Waals surface area (Å²) >= 11 is 25.3. The first-order valence-corrected chi connectivity index (χ1v) is 15.0. The van der Waals surface area contributed by atoms with E-state index in [1.807, 2.05) is 6.07 Å². The van der Waals surface area contributed by atoms with Gasteiger partial charge in [-0.2, -0.15) is 0 Å². The van der Waals surface area contributed by atoms with Gasteiger partial charge in [0.2, 0.25) is 0 Å². The molecule has 2 N–H and O–H groups in total. The molecule has 1 amide bonds. The van der Waals surface area contributed by atoms with Crippen LogP contribution >= 0.6 is 46.4 Å². The van der Waals surface area contributed by atoms with Gasteiger partial charge in [-0.05, 0) is 84.5 Å². The molecule has 4 aromatic carbocycles. The molecular weight excluding hydrogens is 600 g/mol. The number of rotatable bonds is 13. The summed E-state index contributed by atoms with van der Waals surface area (Å²) in [6.45, 7) is 0.404. The minimum atomic E-state index is -0.216. The number of nitrogens with one attached hydrogen (secondary N) is 1. The molecule has 4 nitrogen and oxygen atoms in total. The van der Waals surface area contributed by atoms with Crippen LogP contribution in [-0.2, 0) is 6.42 Å². The predicted molar refractivity (Wildman–Crippen MR) is 171 cm³/mol. The van der Waals surface area contributed by atoms with E-state index in [4.69, 9.17) is 51.1 Å². The Hall–Kier alpha value is -2.73. The fourth-order valence-electron chi connectivity index (χ4n) is 4.67. The Morgan fingerprint density at radius 1 is 0.707 bits per heavy atom. The van der Waals surface area contributed by atoms with Crippen molar-refractivity contribution >= 4 is 52.3 Å². The van der Waals surface area contributed by atoms with Crippen LogP contribution in [0.4, 0.5) is 0 Å². The quantitative estimate of drug-likeness (QED) is 0.145. The number of aryl methyl sites for hydroxylation is 1. The summed E-state index contributed by atoms with van der Waals surface area (Å²) < 4.78 is 6.03. The molecule has 0 aliphatic rings. The maximum atomic E-state index is 13.4. The molecule has 0 unspecified atom stereocenters. The lowest BCUT2D eigenvalue weighted by Crippen LogP contribution is -2.24. The zero-order valence-electron chi connectivity index (χ0n) is 22.4. The third kappa shape index (κ3) is 9.13. The average molecular weight is 631 g/mol. The Labute approximate surface area is 261 Å². The van der Waals surface area contributed by atoms with Crippen molar-refractivity contribution in [3.05, 3.63) is 110 Å². The molecule has 41 heavy (non-hydrogen) atoms. The number of unbranched alkanes of at least 4 members (excludes halogenated alkanes) is 3. The van der Waals surface area contributed by atoms with E-state index >= 15 is 0 Å². The summed E-state index contributed by atoms with van der Waals surface area (Å²) in [5.74, 6) is 0.234. The van der Waals surface area contributed by atoms with Crippen LogP contribution in [-0.4, -0.2) is 30.8 Å². The maximum absolute atomic E-state index is 13.4. The number of benzene rings is 4. The molecule has 0 radical (unpaired) electrons. The topological polar surface area (TPSA) is 58.6 Å². The number of carbonyl (C=O) groups excluding carboxylic acids is 1. The van der Waals surface area contributed by atoms with E-state index in [9.17, 15) is 9.90 Å². The van der Waals surface area contributed by atoms with Gasteiger partial charge in [-0.3, -0.25) is 4.79 Å². The summed E-state index contributed by atoms with van der Waals surface area (Å²) in [5, 5.41) is 14.3. The molecule has 0 heterocycles. The summed E-state index contributed by atoms with van der Waals surface area (Å²) in [5.41, 5.74) is 4.31. The van der Waals surface area contributed by atoms with Gasteiger partial charge in [0.1, 0.15) is 12.4 Å². The first kappa shape index (κ1) is 31.2. The highest BCUT2D eigenvalue weighted by atomic mass is 35.5. The highest BCUT2D eigenvalue weighted by Gasteiger charge is 2.20. The van der Waals surface area contributed by atoms with Crippen LogP contribution in [0.15, 0.2) is 78.9 Å². The number of hydrogen-bond donors (Lipinski definition) is 2. The van der Waals surface area contributed by atoms with Gasteiger partial charge in [-0.25, -0.2) is 0 Å². The Balaban J connectivity index is 1.58. The highest BCUT2D eigenvalue weighted by Crippen LogP contribution is 2.43. The van der Waals surface area contributed by atoms with E-state index < -0.39 is 0 Å². The molecule has 214 valence electrons. The molecule has 0 saturated carbocycles. The zero-order valence-corrected chi connectivity index (χ0v) is 25.5. The predicted octanol–water partition coefficient (Wildman–Crippen LogP) is 9.54. The van der Waals surface area contributed by atoms with Crippen molar-refractivity contribution in [2.75, 3.05) is 19.8 Å². The summed E-state index contributed by atoms with van der Waals surface area (Å²) in [7, 11) is 0. The van der Waals surface area contributed by atoms with Gasteiger partial charge < -0.3 is 15.2 Å². The summed E-state index contributed by atoms with van der Waals surface area (Å²) in [6, 6.07) is 24.2.